The average Bonchev–Trinajstić information content (AvgIpc) is 3.10. The maximum atomic E-state index is 12.6. The van der Waals surface area contributed by atoms with Crippen molar-refractivity contribution < 1.29 is 42.1 Å². The number of hydrogen-bond donors (Lipinski definition) is 1. The van der Waals surface area contributed by atoms with Gasteiger partial charge in [-0.25, -0.2) is 4.57 Å². The minimum Gasteiger partial charge on any atom is -0.462 e. The lowest BCUT2D eigenvalue weighted by Crippen LogP contribution is -2.37. The van der Waals surface area contributed by atoms with Gasteiger partial charge in [0.25, 0.3) is 0 Å². The van der Waals surface area contributed by atoms with Crippen molar-refractivity contribution in [2.45, 2.75) is 219 Å². The smallest absolute Gasteiger partial charge is 0.462 e. The minimum atomic E-state index is -4.36. The van der Waals surface area contributed by atoms with Crippen LogP contribution < -0.4 is 0 Å². The van der Waals surface area contributed by atoms with Crippen LogP contribution in [0.2, 0.25) is 0 Å². The van der Waals surface area contributed by atoms with Crippen LogP contribution in [-0.2, 0) is 32.7 Å². The van der Waals surface area contributed by atoms with Gasteiger partial charge in [0.15, 0.2) is 6.10 Å². The number of hydrogen-bond acceptors (Lipinski definition) is 7. The van der Waals surface area contributed by atoms with Gasteiger partial charge in [0.1, 0.15) is 19.8 Å². The Morgan fingerprint density at radius 3 is 1.21 bits per heavy atom. The molecule has 0 spiro atoms. The molecule has 10 heteroatoms. The Balaban J connectivity index is 4.25. The number of unbranched alkanes of at least 4 members (excludes halogenated alkanes) is 27. The summed E-state index contributed by atoms with van der Waals surface area (Å²) >= 11 is 0. The number of rotatable bonds is 41. The topological polar surface area (TPSA) is 108 Å². The molecule has 0 aromatic carbocycles. The zero-order valence-electron chi connectivity index (χ0n) is 35.5. The molecule has 0 bridgehead atoms. The Labute approximate surface area is 327 Å². The second kappa shape index (κ2) is 36.6. The lowest BCUT2D eigenvalue weighted by atomic mass is 10.0. The van der Waals surface area contributed by atoms with Crippen molar-refractivity contribution in [3.8, 4) is 0 Å². The Morgan fingerprint density at radius 1 is 0.509 bits per heavy atom. The van der Waals surface area contributed by atoms with E-state index in [4.69, 9.17) is 18.5 Å². The molecule has 0 amide bonds. The molecule has 0 saturated heterocycles. The van der Waals surface area contributed by atoms with Crippen molar-refractivity contribution in [2.24, 2.45) is 0 Å². The molecule has 0 aromatic rings. The fourth-order valence-corrected chi connectivity index (χ4v) is 7.11. The number of likely N-dealkylation sites (N-methyl/N-ethyl adjacent to an activating group) is 1. The monoisotopic (exact) mass is 777 g/mol. The van der Waals surface area contributed by atoms with Crippen LogP contribution in [0.4, 0.5) is 0 Å². The van der Waals surface area contributed by atoms with Crippen LogP contribution in [0.3, 0.4) is 0 Å². The van der Waals surface area contributed by atoms with E-state index in [2.05, 4.69) is 13.8 Å². The first kappa shape index (κ1) is 52.0. The summed E-state index contributed by atoms with van der Waals surface area (Å²) < 4.78 is 34.3. The van der Waals surface area contributed by atoms with Gasteiger partial charge in [-0.15, -0.1) is 0 Å². The molecule has 2 atom stereocenters. The fraction of sp³-hybridized carbons (Fsp3) is 0.953. The van der Waals surface area contributed by atoms with E-state index < -0.39 is 26.5 Å². The van der Waals surface area contributed by atoms with Crippen molar-refractivity contribution in [3.63, 3.8) is 0 Å². The molecule has 0 heterocycles. The summed E-state index contributed by atoms with van der Waals surface area (Å²) in [6.07, 6.45) is 35.8. The fourth-order valence-electron chi connectivity index (χ4n) is 6.37. The molecule has 0 aliphatic heterocycles. The van der Waals surface area contributed by atoms with Gasteiger partial charge >= 0.3 is 19.8 Å². The van der Waals surface area contributed by atoms with Gasteiger partial charge in [-0.2, -0.15) is 0 Å². The lowest BCUT2D eigenvalue weighted by molar-refractivity contribution is -0.870. The van der Waals surface area contributed by atoms with Crippen LogP contribution in [0, 0.1) is 0 Å². The molecule has 53 heavy (non-hydrogen) atoms. The first-order valence-electron chi connectivity index (χ1n) is 22.3. The minimum absolute atomic E-state index is 0.0367. The molecule has 1 unspecified atom stereocenters. The molecular formula is C43H87NO8P+. The van der Waals surface area contributed by atoms with E-state index >= 15 is 0 Å². The first-order chi connectivity index (χ1) is 25.5. The molecule has 0 radical (unpaired) electrons. The zero-order chi connectivity index (χ0) is 39.3. The highest BCUT2D eigenvalue weighted by Gasteiger charge is 2.27. The lowest BCUT2D eigenvalue weighted by Gasteiger charge is -2.24. The number of carbonyl (C=O) groups is 2. The van der Waals surface area contributed by atoms with Crippen molar-refractivity contribution in [1.82, 2.24) is 0 Å². The standard InChI is InChI=1S/C43H86NO8P/c1-6-8-10-12-14-16-18-19-20-21-22-23-24-26-27-29-31-33-35-42(45)49-39-41(40-51-53(47,48)50-38-37-44(3,4)5)52-43(46)36-34-32-30-28-25-17-15-13-11-9-7-2/h41H,6-40H2,1-5H3/p+1/t41-/m0/s1. The molecule has 0 fully saturated rings. The molecule has 0 saturated carbocycles. The van der Waals surface area contributed by atoms with Gasteiger partial charge in [-0.05, 0) is 12.8 Å². The molecule has 1 N–H and O–H groups in total. The molecule has 0 aromatic heterocycles. The highest BCUT2D eigenvalue weighted by molar-refractivity contribution is 7.47. The predicted molar refractivity (Wildman–Crippen MR) is 220 cm³/mol. The van der Waals surface area contributed by atoms with Crippen LogP contribution in [-0.4, -0.2) is 74.9 Å². The van der Waals surface area contributed by atoms with Gasteiger partial charge in [-0.3, -0.25) is 18.6 Å². The molecule has 0 rings (SSSR count). The predicted octanol–water partition coefficient (Wildman–Crippen LogP) is 12.4. The van der Waals surface area contributed by atoms with Crippen molar-refractivity contribution in [2.75, 3.05) is 47.5 Å². The van der Waals surface area contributed by atoms with Crippen molar-refractivity contribution in [1.29, 1.82) is 0 Å². The number of phosphoric acid groups is 1. The Morgan fingerprint density at radius 2 is 0.849 bits per heavy atom. The van der Waals surface area contributed by atoms with E-state index in [-0.39, 0.29) is 25.6 Å². The number of esters is 2. The third-order valence-electron chi connectivity index (χ3n) is 9.89. The normalized spacial score (nSPS) is 13.5. The number of quaternary nitrogens is 1. The van der Waals surface area contributed by atoms with Crippen molar-refractivity contribution >= 4 is 19.8 Å². The van der Waals surface area contributed by atoms with E-state index in [0.717, 1.165) is 32.1 Å². The van der Waals surface area contributed by atoms with Gasteiger partial charge < -0.3 is 18.9 Å². The van der Waals surface area contributed by atoms with Crippen LogP contribution in [0.25, 0.3) is 0 Å². The Kier molecular flexibility index (Phi) is 36.0. The Hall–Kier alpha value is -0.990. The van der Waals surface area contributed by atoms with Gasteiger partial charge in [0, 0.05) is 12.8 Å². The quantitative estimate of drug-likeness (QED) is 0.0283. The van der Waals surface area contributed by atoms with E-state index in [0.29, 0.717) is 23.9 Å². The van der Waals surface area contributed by atoms with Crippen LogP contribution in [0.5, 0.6) is 0 Å². The summed E-state index contributed by atoms with van der Waals surface area (Å²) in [6.45, 7) is 4.45. The molecule has 0 aliphatic rings. The molecule has 0 aliphatic carbocycles. The Bertz CT molecular complexity index is 881. The second-order valence-corrected chi connectivity index (χ2v) is 17.9. The summed E-state index contributed by atoms with van der Waals surface area (Å²) in [7, 11) is 1.49. The van der Waals surface area contributed by atoms with Crippen LogP contribution in [0.1, 0.15) is 213 Å². The summed E-state index contributed by atoms with van der Waals surface area (Å²) in [5, 5.41) is 0. The highest BCUT2D eigenvalue weighted by Crippen LogP contribution is 2.43. The number of ether oxygens (including phenoxy) is 2. The van der Waals surface area contributed by atoms with E-state index in [1.807, 2.05) is 21.1 Å². The highest BCUT2D eigenvalue weighted by atomic mass is 31.2. The number of phosphoric ester groups is 1. The van der Waals surface area contributed by atoms with Crippen LogP contribution in [0.15, 0.2) is 0 Å². The summed E-state index contributed by atoms with van der Waals surface area (Å²) in [4.78, 5) is 35.3. The number of carbonyl (C=O) groups excluding carboxylic acids is 2. The number of nitrogens with zero attached hydrogens (tertiary/aromatic N) is 1. The van der Waals surface area contributed by atoms with E-state index in [9.17, 15) is 19.0 Å². The van der Waals surface area contributed by atoms with Gasteiger partial charge in [-0.1, -0.05) is 187 Å². The maximum Gasteiger partial charge on any atom is 0.472 e. The van der Waals surface area contributed by atoms with Gasteiger partial charge in [0.05, 0.1) is 27.7 Å². The first-order valence-corrected chi connectivity index (χ1v) is 23.8. The SMILES string of the molecule is CCCCCCCCCCCCCCCCCCCCC(=O)OC[C@@H](COP(=O)(O)OCC[N+](C)(C)C)OC(=O)CCCCCCCCCCCCC. The third-order valence-corrected chi connectivity index (χ3v) is 10.9. The zero-order valence-corrected chi connectivity index (χ0v) is 36.4. The third kappa shape index (κ3) is 40.5. The summed E-state index contributed by atoms with van der Waals surface area (Å²) in [6, 6.07) is 0. The molecular weight excluding hydrogens is 689 g/mol. The van der Waals surface area contributed by atoms with Crippen molar-refractivity contribution in [3.05, 3.63) is 0 Å². The second-order valence-electron chi connectivity index (χ2n) is 16.5. The molecule has 9 nitrogen and oxygen atoms in total. The average molecular weight is 777 g/mol. The summed E-state index contributed by atoms with van der Waals surface area (Å²) in [5.41, 5.74) is 0. The summed E-state index contributed by atoms with van der Waals surface area (Å²) in [5.74, 6) is -0.785. The van der Waals surface area contributed by atoms with E-state index in [1.54, 1.807) is 0 Å². The maximum absolute atomic E-state index is 12.6. The van der Waals surface area contributed by atoms with E-state index in [1.165, 1.54) is 148 Å². The molecule has 316 valence electrons. The van der Waals surface area contributed by atoms with Crippen LogP contribution >= 0.6 is 7.82 Å². The van der Waals surface area contributed by atoms with Gasteiger partial charge in [0.2, 0.25) is 0 Å². The largest absolute Gasteiger partial charge is 0.472 e.